The van der Waals surface area contributed by atoms with E-state index in [4.69, 9.17) is 8.92 Å². The molecule has 36 heavy (non-hydrogen) atoms. The second kappa shape index (κ2) is 11.5. The van der Waals surface area contributed by atoms with E-state index in [2.05, 4.69) is 33.4 Å². The molecule has 3 aromatic rings. The number of amides is 1. The van der Waals surface area contributed by atoms with Gasteiger partial charge in [0, 0.05) is 54.8 Å². The Kier molecular flexibility index (Phi) is 8.22. The average Bonchev–Trinajstić information content (AvgIpc) is 2.85. The van der Waals surface area contributed by atoms with E-state index in [9.17, 15) is 13.2 Å². The minimum atomic E-state index is -3.65. The van der Waals surface area contributed by atoms with Crippen molar-refractivity contribution in [2.75, 3.05) is 26.0 Å². The molecule has 0 bridgehead atoms. The molecular formula is C27H31N3O5S. The number of rotatable bonds is 9. The van der Waals surface area contributed by atoms with Crippen LogP contribution in [0, 0.1) is 0 Å². The van der Waals surface area contributed by atoms with Crippen LogP contribution in [0.3, 0.4) is 0 Å². The van der Waals surface area contributed by atoms with E-state index in [0.717, 1.165) is 55.6 Å². The van der Waals surface area contributed by atoms with Crippen LogP contribution in [-0.4, -0.2) is 56.2 Å². The normalized spacial score (nSPS) is 14.8. The van der Waals surface area contributed by atoms with Crippen molar-refractivity contribution in [3.8, 4) is 22.6 Å². The highest BCUT2D eigenvalue weighted by Gasteiger charge is 2.22. The van der Waals surface area contributed by atoms with Crippen LogP contribution >= 0.6 is 0 Å². The maximum atomic E-state index is 12.7. The Hall–Kier alpha value is -3.43. The van der Waals surface area contributed by atoms with E-state index in [-0.39, 0.29) is 17.7 Å². The maximum Gasteiger partial charge on any atom is 0.306 e. The molecule has 190 valence electrons. The molecule has 4 rings (SSSR count). The minimum Gasteiger partial charge on any atom is -0.493 e. The molecule has 0 spiro atoms. The Morgan fingerprint density at radius 2 is 1.92 bits per heavy atom. The summed E-state index contributed by atoms with van der Waals surface area (Å²) in [6.07, 6.45) is 6.23. The van der Waals surface area contributed by atoms with E-state index in [1.165, 1.54) is 17.7 Å². The molecule has 0 unspecified atom stereocenters. The van der Waals surface area contributed by atoms with Crippen molar-refractivity contribution < 1.29 is 22.1 Å². The van der Waals surface area contributed by atoms with Crippen LogP contribution in [0.1, 0.15) is 35.7 Å². The number of benzene rings is 2. The number of pyridine rings is 1. The molecule has 1 amide bonds. The predicted molar refractivity (Wildman–Crippen MR) is 139 cm³/mol. The first kappa shape index (κ1) is 25.7. The van der Waals surface area contributed by atoms with Crippen LogP contribution in [0.25, 0.3) is 11.1 Å². The molecule has 1 aliphatic heterocycles. The van der Waals surface area contributed by atoms with Gasteiger partial charge in [-0.2, -0.15) is 8.42 Å². The first-order valence-electron chi connectivity index (χ1n) is 12.0. The summed E-state index contributed by atoms with van der Waals surface area (Å²) in [4.78, 5) is 19.3. The van der Waals surface area contributed by atoms with E-state index in [1.54, 1.807) is 18.3 Å². The fourth-order valence-corrected chi connectivity index (χ4v) is 4.78. The van der Waals surface area contributed by atoms with Crippen molar-refractivity contribution in [3.63, 3.8) is 0 Å². The van der Waals surface area contributed by atoms with E-state index in [0.29, 0.717) is 12.2 Å². The summed E-state index contributed by atoms with van der Waals surface area (Å²) < 4.78 is 33.5. The molecule has 8 nitrogen and oxygen atoms in total. The molecule has 1 N–H and O–H groups in total. The van der Waals surface area contributed by atoms with Gasteiger partial charge < -0.3 is 14.2 Å². The summed E-state index contributed by atoms with van der Waals surface area (Å²) in [7, 11) is -3.65. The Morgan fingerprint density at radius 1 is 1.11 bits per heavy atom. The minimum absolute atomic E-state index is 0.0557. The topological polar surface area (TPSA) is 97.8 Å². The number of ether oxygens (including phenoxy) is 1. The van der Waals surface area contributed by atoms with Crippen LogP contribution in [0.2, 0.25) is 0 Å². The monoisotopic (exact) mass is 509 g/mol. The second-order valence-corrected chi connectivity index (χ2v) is 10.4. The number of hydrogen-bond donors (Lipinski definition) is 1. The SMILES string of the molecule is CCOc1cc(CN2CCC(NC(=O)c3cccc(OS(C)(=O)=O)c3)CC2)ccc1-c1cccnc1. The third-order valence-electron chi connectivity index (χ3n) is 5.99. The summed E-state index contributed by atoms with van der Waals surface area (Å²) in [5.41, 5.74) is 3.60. The Labute approximate surface area is 212 Å². The number of piperidine rings is 1. The zero-order chi connectivity index (χ0) is 25.5. The summed E-state index contributed by atoms with van der Waals surface area (Å²) in [5, 5.41) is 3.06. The molecule has 2 aromatic carbocycles. The summed E-state index contributed by atoms with van der Waals surface area (Å²) >= 11 is 0. The van der Waals surface area contributed by atoms with Crippen LogP contribution in [-0.2, 0) is 16.7 Å². The Bertz CT molecular complexity index is 1290. The van der Waals surface area contributed by atoms with Crippen LogP contribution in [0.15, 0.2) is 67.0 Å². The highest BCUT2D eigenvalue weighted by Crippen LogP contribution is 2.31. The van der Waals surface area contributed by atoms with Gasteiger partial charge in [-0.3, -0.25) is 14.7 Å². The van der Waals surface area contributed by atoms with E-state index in [1.807, 2.05) is 25.3 Å². The first-order valence-corrected chi connectivity index (χ1v) is 13.8. The highest BCUT2D eigenvalue weighted by atomic mass is 32.2. The van der Waals surface area contributed by atoms with Crippen molar-refractivity contribution in [2.45, 2.75) is 32.4 Å². The standard InChI is InChI=1S/C27H31N3O5S/c1-3-34-26-16-20(9-10-25(26)22-7-5-13-28-18-22)19-30-14-11-23(12-15-30)29-27(31)21-6-4-8-24(17-21)35-36(2,32)33/h4-10,13,16-18,23H,3,11-12,14-15,19H2,1-2H3,(H,29,31). The van der Waals surface area contributed by atoms with Gasteiger partial charge >= 0.3 is 10.1 Å². The maximum absolute atomic E-state index is 12.7. The third-order valence-corrected chi connectivity index (χ3v) is 6.49. The molecule has 1 saturated heterocycles. The molecule has 1 aromatic heterocycles. The highest BCUT2D eigenvalue weighted by molar-refractivity contribution is 7.86. The molecule has 0 radical (unpaired) electrons. The quantitative estimate of drug-likeness (QED) is 0.437. The van der Waals surface area contributed by atoms with Gasteiger partial charge in [-0.25, -0.2) is 0 Å². The summed E-state index contributed by atoms with van der Waals surface area (Å²) in [5.74, 6) is 0.743. The number of nitrogens with zero attached hydrogens (tertiary/aromatic N) is 2. The average molecular weight is 510 g/mol. The second-order valence-electron chi connectivity index (χ2n) is 8.84. The number of carbonyl (C=O) groups is 1. The summed E-state index contributed by atoms with van der Waals surface area (Å²) in [6, 6.07) is 16.5. The van der Waals surface area contributed by atoms with Crippen LogP contribution < -0.4 is 14.2 Å². The van der Waals surface area contributed by atoms with Gasteiger partial charge in [0.05, 0.1) is 12.9 Å². The number of carbonyl (C=O) groups excluding carboxylic acids is 1. The van der Waals surface area contributed by atoms with Crippen LogP contribution in [0.5, 0.6) is 11.5 Å². The number of aromatic nitrogens is 1. The largest absolute Gasteiger partial charge is 0.493 e. The lowest BCUT2D eigenvalue weighted by molar-refractivity contribution is 0.0908. The van der Waals surface area contributed by atoms with Crippen molar-refractivity contribution >= 4 is 16.0 Å². The smallest absolute Gasteiger partial charge is 0.306 e. The third kappa shape index (κ3) is 7.05. The van der Waals surface area contributed by atoms with Gasteiger partial charge in [-0.15, -0.1) is 0 Å². The van der Waals surface area contributed by atoms with Crippen molar-refractivity contribution in [2.24, 2.45) is 0 Å². The van der Waals surface area contributed by atoms with Crippen molar-refractivity contribution in [1.29, 1.82) is 0 Å². The van der Waals surface area contributed by atoms with Gasteiger partial charge in [-0.05, 0) is 55.7 Å². The fraction of sp³-hybridized carbons (Fsp3) is 0.333. The molecule has 0 atom stereocenters. The summed E-state index contributed by atoms with van der Waals surface area (Å²) in [6.45, 7) is 5.09. The number of hydrogen-bond acceptors (Lipinski definition) is 7. The lowest BCUT2D eigenvalue weighted by Gasteiger charge is -2.32. The molecule has 1 fully saturated rings. The van der Waals surface area contributed by atoms with Gasteiger partial charge in [0.1, 0.15) is 11.5 Å². The van der Waals surface area contributed by atoms with Gasteiger partial charge in [0.2, 0.25) is 0 Å². The van der Waals surface area contributed by atoms with Gasteiger partial charge in [-0.1, -0.05) is 24.3 Å². The molecular weight excluding hydrogens is 478 g/mol. The molecule has 2 heterocycles. The Balaban J connectivity index is 1.33. The van der Waals surface area contributed by atoms with Gasteiger partial charge in [0.15, 0.2) is 0 Å². The van der Waals surface area contributed by atoms with E-state index < -0.39 is 10.1 Å². The van der Waals surface area contributed by atoms with E-state index >= 15 is 0 Å². The molecule has 1 aliphatic rings. The van der Waals surface area contributed by atoms with Crippen molar-refractivity contribution in [3.05, 3.63) is 78.1 Å². The lowest BCUT2D eigenvalue weighted by atomic mass is 10.0. The zero-order valence-corrected chi connectivity index (χ0v) is 21.3. The molecule has 9 heteroatoms. The number of likely N-dealkylation sites (tertiary alicyclic amines) is 1. The first-order chi connectivity index (χ1) is 17.3. The van der Waals surface area contributed by atoms with Crippen molar-refractivity contribution in [1.82, 2.24) is 15.2 Å². The fourth-order valence-electron chi connectivity index (χ4n) is 4.33. The zero-order valence-electron chi connectivity index (χ0n) is 20.5. The van der Waals surface area contributed by atoms with Crippen LogP contribution in [0.4, 0.5) is 0 Å². The lowest BCUT2D eigenvalue weighted by Crippen LogP contribution is -2.44. The Morgan fingerprint density at radius 3 is 2.61 bits per heavy atom. The molecule has 0 saturated carbocycles. The predicted octanol–water partition coefficient (Wildman–Crippen LogP) is 3.88. The number of nitrogens with one attached hydrogen (secondary N) is 1. The molecule has 0 aliphatic carbocycles. The van der Waals surface area contributed by atoms with Gasteiger partial charge in [0.25, 0.3) is 5.91 Å².